The first kappa shape index (κ1) is 20.7. The van der Waals surface area contributed by atoms with Crippen molar-refractivity contribution in [1.82, 2.24) is 15.1 Å². The molecule has 1 saturated heterocycles. The van der Waals surface area contributed by atoms with Crippen molar-refractivity contribution < 1.29 is 9.59 Å². The number of nitrogens with one attached hydrogen (secondary N) is 2. The van der Waals surface area contributed by atoms with Gasteiger partial charge in [0, 0.05) is 26.6 Å². The van der Waals surface area contributed by atoms with Gasteiger partial charge in [0.05, 0.1) is 6.04 Å². The van der Waals surface area contributed by atoms with E-state index in [4.69, 9.17) is 11.1 Å². The summed E-state index contributed by atoms with van der Waals surface area (Å²) in [6, 6.07) is 9.78. The maximum atomic E-state index is 12.7. The Hall–Kier alpha value is -2.57. The van der Waals surface area contributed by atoms with Crippen molar-refractivity contribution in [3.8, 4) is 0 Å². The van der Waals surface area contributed by atoms with Crippen molar-refractivity contribution in [2.45, 2.75) is 39.2 Å². The number of rotatable bonds is 5. The molecule has 0 spiro atoms. The quantitative estimate of drug-likeness (QED) is 0.546. The number of hydrogen-bond acceptors (Lipinski definition) is 3. The van der Waals surface area contributed by atoms with E-state index in [9.17, 15) is 9.59 Å². The van der Waals surface area contributed by atoms with Crippen LogP contribution in [0.2, 0.25) is 0 Å². The Labute approximate surface area is 161 Å². The van der Waals surface area contributed by atoms with Crippen LogP contribution in [0.25, 0.3) is 0 Å². The van der Waals surface area contributed by atoms with E-state index in [-0.39, 0.29) is 35.8 Å². The van der Waals surface area contributed by atoms with Gasteiger partial charge in [-0.15, -0.1) is 0 Å². The molecule has 3 amide bonds. The van der Waals surface area contributed by atoms with Crippen LogP contribution in [0.1, 0.15) is 44.7 Å². The zero-order chi connectivity index (χ0) is 20.0. The summed E-state index contributed by atoms with van der Waals surface area (Å²) in [5.41, 5.74) is 6.45. The summed E-state index contributed by atoms with van der Waals surface area (Å²) in [6.45, 7) is 5.39. The number of piperidine rings is 1. The Morgan fingerprint density at radius 2 is 2.00 bits per heavy atom. The summed E-state index contributed by atoms with van der Waals surface area (Å²) >= 11 is 0. The number of hydrogen-bond donors (Lipinski definition) is 3. The zero-order valence-electron chi connectivity index (χ0n) is 16.4. The predicted molar refractivity (Wildman–Crippen MR) is 106 cm³/mol. The lowest BCUT2D eigenvalue weighted by atomic mass is 9.84. The van der Waals surface area contributed by atoms with Crippen LogP contribution in [0.15, 0.2) is 30.3 Å². The van der Waals surface area contributed by atoms with Crippen LogP contribution < -0.4 is 11.1 Å². The summed E-state index contributed by atoms with van der Waals surface area (Å²) in [5.74, 6) is -0.0108. The Bertz CT molecular complexity index is 664. The molecule has 1 heterocycles. The Kier molecular flexibility index (Phi) is 7.21. The molecular formula is C20H31N5O2. The molecule has 1 aromatic carbocycles. The summed E-state index contributed by atoms with van der Waals surface area (Å²) in [4.78, 5) is 27.9. The van der Waals surface area contributed by atoms with E-state index in [1.165, 1.54) is 11.9 Å². The summed E-state index contributed by atoms with van der Waals surface area (Å²) in [7, 11) is 1.52. The van der Waals surface area contributed by atoms with Crippen LogP contribution in [-0.4, -0.2) is 47.8 Å². The van der Waals surface area contributed by atoms with Crippen molar-refractivity contribution >= 4 is 17.9 Å². The minimum absolute atomic E-state index is 0.0534. The number of nitrogens with zero attached hydrogens (tertiary/aromatic N) is 2. The number of likely N-dealkylation sites (tertiary alicyclic amines) is 1. The molecule has 1 fully saturated rings. The van der Waals surface area contributed by atoms with Gasteiger partial charge in [-0.1, -0.05) is 37.3 Å². The van der Waals surface area contributed by atoms with E-state index in [2.05, 4.69) is 5.32 Å². The largest absolute Gasteiger partial charge is 0.370 e. The fraction of sp³-hybridized carbons (Fsp3) is 0.550. The summed E-state index contributed by atoms with van der Waals surface area (Å²) in [5, 5.41) is 10.4. The maximum absolute atomic E-state index is 12.7. The molecule has 1 aromatic rings. The maximum Gasteiger partial charge on any atom is 0.317 e. The second kappa shape index (κ2) is 9.39. The minimum atomic E-state index is -0.244. The number of benzene rings is 1. The van der Waals surface area contributed by atoms with Crippen LogP contribution in [-0.2, 0) is 4.79 Å². The van der Waals surface area contributed by atoms with Gasteiger partial charge in [-0.3, -0.25) is 15.1 Å². The average Bonchev–Trinajstić information content (AvgIpc) is 2.67. The van der Waals surface area contributed by atoms with E-state index in [0.717, 1.165) is 24.9 Å². The van der Waals surface area contributed by atoms with E-state index in [0.29, 0.717) is 13.0 Å². The van der Waals surface area contributed by atoms with Gasteiger partial charge in [-0.25, -0.2) is 4.79 Å². The van der Waals surface area contributed by atoms with Gasteiger partial charge in [0.15, 0.2) is 5.96 Å². The van der Waals surface area contributed by atoms with Crippen molar-refractivity contribution in [2.24, 2.45) is 17.6 Å². The highest BCUT2D eigenvalue weighted by Gasteiger charge is 2.29. The molecule has 4 N–H and O–H groups in total. The third-order valence-corrected chi connectivity index (χ3v) is 5.42. The van der Waals surface area contributed by atoms with Crippen LogP contribution >= 0.6 is 0 Å². The van der Waals surface area contributed by atoms with Crippen molar-refractivity contribution in [3.63, 3.8) is 0 Å². The Balaban J connectivity index is 1.89. The molecule has 0 aliphatic carbocycles. The van der Waals surface area contributed by atoms with Crippen LogP contribution in [0.4, 0.5) is 4.79 Å². The zero-order valence-corrected chi connectivity index (χ0v) is 16.4. The SMILES string of the molecule is CC(NC(=O)N1CCCC([C@H](C)CC(=O)N(C)C(=N)N)C1)c1ccccc1. The normalized spacial score (nSPS) is 19.1. The van der Waals surface area contributed by atoms with Crippen molar-refractivity contribution in [1.29, 1.82) is 5.41 Å². The number of guanidine groups is 1. The molecule has 2 rings (SSSR count). The van der Waals surface area contributed by atoms with Gasteiger partial charge >= 0.3 is 6.03 Å². The molecule has 3 atom stereocenters. The summed E-state index contributed by atoms with van der Waals surface area (Å²) in [6.07, 6.45) is 2.26. The Morgan fingerprint density at radius 3 is 2.63 bits per heavy atom. The van der Waals surface area contributed by atoms with Gasteiger partial charge in [0.25, 0.3) is 0 Å². The molecule has 7 heteroatoms. The molecule has 1 aliphatic rings. The molecule has 27 heavy (non-hydrogen) atoms. The molecule has 148 valence electrons. The predicted octanol–water partition coefficient (Wildman–Crippen LogP) is 2.55. The van der Waals surface area contributed by atoms with Crippen LogP contribution in [0.3, 0.4) is 0 Å². The third kappa shape index (κ3) is 5.70. The number of amides is 3. The number of carbonyl (C=O) groups is 2. The van der Waals surface area contributed by atoms with Gasteiger partial charge in [-0.05, 0) is 37.2 Å². The van der Waals surface area contributed by atoms with Gasteiger partial charge in [0.1, 0.15) is 0 Å². The number of carbonyl (C=O) groups excluding carboxylic acids is 2. The smallest absolute Gasteiger partial charge is 0.317 e. The van der Waals surface area contributed by atoms with Crippen molar-refractivity contribution in [2.75, 3.05) is 20.1 Å². The monoisotopic (exact) mass is 373 g/mol. The lowest BCUT2D eigenvalue weighted by molar-refractivity contribution is -0.127. The first-order valence-corrected chi connectivity index (χ1v) is 9.50. The summed E-state index contributed by atoms with van der Waals surface area (Å²) < 4.78 is 0. The van der Waals surface area contributed by atoms with Gasteiger partial charge < -0.3 is 16.0 Å². The van der Waals surface area contributed by atoms with Crippen LogP contribution in [0.5, 0.6) is 0 Å². The van der Waals surface area contributed by atoms with Crippen LogP contribution in [0, 0.1) is 17.2 Å². The van der Waals surface area contributed by atoms with E-state index in [1.54, 1.807) is 0 Å². The molecule has 0 bridgehead atoms. The van der Waals surface area contributed by atoms with E-state index < -0.39 is 0 Å². The molecule has 0 radical (unpaired) electrons. The van der Waals surface area contributed by atoms with E-state index >= 15 is 0 Å². The third-order valence-electron chi connectivity index (χ3n) is 5.42. The highest BCUT2D eigenvalue weighted by molar-refractivity contribution is 5.94. The molecule has 7 nitrogen and oxygen atoms in total. The molecule has 0 aromatic heterocycles. The highest BCUT2D eigenvalue weighted by atomic mass is 16.2. The first-order chi connectivity index (χ1) is 12.8. The average molecular weight is 374 g/mol. The standard InChI is InChI=1S/C20H31N5O2/c1-14(12-18(26)24(3)19(21)22)17-10-7-11-25(13-17)20(27)23-15(2)16-8-5-4-6-9-16/h4-6,8-9,14-15,17H,7,10-13H2,1-3H3,(H3,21,22)(H,23,27)/t14-,15?,17?/m1/s1. The topological polar surface area (TPSA) is 103 Å². The minimum Gasteiger partial charge on any atom is -0.370 e. The fourth-order valence-corrected chi connectivity index (χ4v) is 3.47. The fourth-order valence-electron chi connectivity index (χ4n) is 3.47. The second-order valence-electron chi connectivity index (χ2n) is 7.45. The van der Waals surface area contributed by atoms with E-state index in [1.807, 2.05) is 49.1 Å². The van der Waals surface area contributed by atoms with Crippen molar-refractivity contribution in [3.05, 3.63) is 35.9 Å². The lowest BCUT2D eigenvalue weighted by Crippen LogP contribution is -2.47. The molecule has 1 aliphatic heterocycles. The highest BCUT2D eigenvalue weighted by Crippen LogP contribution is 2.27. The number of urea groups is 1. The second-order valence-corrected chi connectivity index (χ2v) is 7.45. The van der Waals surface area contributed by atoms with Gasteiger partial charge in [0.2, 0.25) is 5.91 Å². The molecular weight excluding hydrogens is 342 g/mol. The molecule has 0 saturated carbocycles. The lowest BCUT2D eigenvalue weighted by Gasteiger charge is -2.36. The molecule has 2 unspecified atom stereocenters. The number of nitrogens with two attached hydrogens (primary N) is 1. The Morgan fingerprint density at radius 1 is 1.33 bits per heavy atom. The van der Waals surface area contributed by atoms with Gasteiger partial charge in [-0.2, -0.15) is 0 Å². The first-order valence-electron chi connectivity index (χ1n) is 9.50.